The van der Waals surface area contributed by atoms with Gasteiger partial charge in [-0.3, -0.25) is 14.6 Å². The number of carbonyl (C=O) groups excluding carboxylic acids is 1. The molecule has 110 valence electrons. The number of aromatic nitrogens is 4. The highest BCUT2D eigenvalue weighted by molar-refractivity contribution is 5.94. The van der Waals surface area contributed by atoms with E-state index >= 15 is 0 Å². The Kier molecular flexibility index (Phi) is 2.59. The van der Waals surface area contributed by atoms with Crippen LogP contribution in [0.1, 0.15) is 23.5 Å². The summed E-state index contributed by atoms with van der Waals surface area (Å²) in [6, 6.07) is 5.90. The summed E-state index contributed by atoms with van der Waals surface area (Å²) in [5.74, 6) is -0.685. The molecule has 0 saturated heterocycles. The summed E-state index contributed by atoms with van der Waals surface area (Å²) >= 11 is 0. The summed E-state index contributed by atoms with van der Waals surface area (Å²) in [4.78, 5) is 30.9. The van der Waals surface area contributed by atoms with Crippen LogP contribution in [0.4, 0.5) is 10.2 Å². The van der Waals surface area contributed by atoms with Crippen LogP contribution < -0.4 is 10.9 Å². The van der Waals surface area contributed by atoms with E-state index in [1.54, 1.807) is 12.1 Å². The van der Waals surface area contributed by atoms with Gasteiger partial charge in [0.2, 0.25) is 11.7 Å². The molecule has 3 aromatic rings. The molecule has 7 nitrogen and oxygen atoms in total. The third-order valence-electron chi connectivity index (χ3n) is 3.73. The first-order valence-electron chi connectivity index (χ1n) is 6.64. The molecule has 1 aliphatic rings. The van der Waals surface area contributed by atoms with Crippen molar-refractivity contribution in [3.63, 3.8) is 0 Å². The van der Waals surface area contributed by atoms with Crippen molar-refractivity contribution >= 4 is 17.5 Å². The topological polar surface area (TPSA) is 92.2 Å². The summed E-state index contributed by atoms with van der Waals surface area (Å²) in [6.45, 7) is 0. The third-order valence-corrected chi connectivity index (χ3v) is 3.73. The van der Waals surface area contributed by atoms with Crippen molar-refractivity contribution in [2.24, 2.45) is 0 Å². The fraction of sp³-hybridized carbons (Fsp3) is 0.143. The number of nitrogens with one attached hydrogen (secondary N) is 2. The average Bonchev–Trinajstić information content (AvgIpc) is 2.94. The fourth-order valence-corrected chi connectivity index (χ4v) is 2.80. The smallest absolute Gasteiger partial charge is 0.258 e. The second-order valence-corrected chi connectivity index (χ2v) is 5.07. The van der Waals surface area contributed by atoms with Crippen molar-refractivity contribution in [3.8, 4) is 0 Å². The zero-order valence-corrected chi connectivity index (χ0v) is 11.2. The van der Waals surface area contributed by atoms with E-state index in [0.29, 0.717) is 11.1 Å². The van der Waals surface area contributed by atoms with E-state index in [1.807, 2.05) is 0 Å². The molecule has 1 unspecified atom stereocenters. The second-order valence-electron chi connectivity index (χ2n) is 5.07. The molecule has 0 bridgehead atoms. The van der Waals surface area contributed by atoms with E-state index < -0.39 is 11.7 Å². The van der Waals surface area contributed by atoms with Gasteiger partial charge in [0.1, 0.15) is 18.0 Å². The van der Waals surface area contributed by atoms with Crippen LogP contribution in [0.3, 0.4) is 0 Å². The molecule has 2 N–H and O–H groups in total. The van der Waals surface area contributed by atoms with E-state index in [-0.39, 0.29) is 29.5 Å². The maximum absolute atomic E-state index is 13.5. The first-order valence-corrected chi connectivity index (χ1v) is 6.64. The summed E-state index contributed by atoms with van der Waals surface area (Å²) in [7, 11) is 0. The number of H-pyrrole nitrogens is 1. The lowest BCUT2D eigenvalue weighted by Gasteiger charge is -2.25. The maximum atomic E-state index is 13.5. The highest BCUT2D eigenvalue weighted by Gasteiger charge is 2.31. The van der Waals surface area contributed by atoms with Crippen LogP contribution in [-0.2, 0) is 4.79 Å². The summed E-state index contributed by atoms with van der Waals surface area (Å²) < 4.78 is 14.8. The summed E-state index contributed by atoms with van der Waals surface area (Å²) in [5, 5.41) is 6.65. The molecule has 1 atom stereocenters. The van der Waals surface area contributed by atoms with Crippen molar-refractivity contribution < 1.29 is 9.18 Å². The van der Waals surface area contributed by atoms with E-state index in [9.17, 15) is 14.0 Å². The van der Waals surface area contributed by atoms with Crippen LogP contribution in [0.5, 0.6) is 0 Å². The summed E-state index contributed by atoms with van der Waals surface area (Å²) in [6.07, 6.45) is 1.35. The van der Waals surface area contributed by atoms with E-state index in [2.05, 4.69) is 20.4 Å². The number of carbonyl (C=O) groups is 1. The number of hydrogen-bond donors (Lipinski definition) is 2. The monoisotopic (exact) mass is 299 g/mol. The van der Waals surface area contributed by atoms with Crippen molar-refractivity contribution in [2.45, 2.75) is 12.3 Å². The van der Waals surface area contributed by atoms with Crippen LogP contribution in [0.2, 0.25) is 0 Å². The number of anilines is 1. The molecule has 1 aromatic carbocycles. The quantitative estimate of drug-likeness (QED) is 0.702. The average molecular weight is 299 g/mol. The predicted molar refractivity (Wildman–Crippen MR) is 75.1 cm³/mol. The minimum absolute atomic E-state index is 0.0692. The molecule has 0 fully saturated rings. The zero-order valence-electron chi connectivity index (χ0n) is 11.2. The van der Waals surface area contributed by atoms with Crippen LogP contribution in [0.25, 0.3) is 5.78 Å². The normalized spacial score (nSPS) is 17.3. The molecule has 4 rings (SSSR count). The van der Waals surface area contributed by atoms with Gasteiger partial charge < -0.3 is 5.32 Å². The molecule has 0 aliphatic carbocycles. The first kappa shape index (κ1) is 12.7. The number of rotatable bonds is 1. The van der Waals surface area contributed by atoms with Gasteiger partial charge in [-0.05, 0) is 17.7 Å². The molecule has 1 amide bonds. The Morgan fingerprint density at radius 1 is 1.32 bits per heavy atom. The van der Waals surface area contributed by atoms with Crippen molar-refractivity contribution in [1.82, 2.24) is 19.6 Å². The minimum Gasteiger partial charge on any atom is -0.310 e. The number of benzene rings is 1. The van der Waals surface area contributed by atoms with Gasteiger partial charge in [-0.2, -0.15) is 14.6 Å². The van der Waals surface area contributed by atoms with Gasteiger partial charge in [0.25, 0.3) is 5.56 Å². The molecule has 2 aromatic heterocycles. The number of hydrogen-bond acceptors (Lipinski definition) is 4. The highest BCUT2D eigenvalue weighted by Crippen LogP contribution is 2.34. The van der Waals surface area contributed by atoms with Crippen molar-refractivity contribution in [3.05, 3.63) is 57.9 Å². The molecule has 0 radical (unpaired) electrons. The van der Waals surface area contributed by atoms with Gasteiger partial charge in [-0.1, -0.05) is 12.1 Å². The number of nitrogens with zero attached hydrogens (tertiary/aromatic N) is 3. The Morgan fingerprint density at radius 2 is 2.18 bits per heavy atom. The van der Waals surface area contributed by atoms with E-state index in [1.165, 1.54) is 23.0 Å². The Morgan fingerprint density at radius 3 is 3.00 bits per heavy atom. The Balaban J connectivity index is 2.01. The maximum Gasteiger partial charge on any atom is 0.258 e. The number of amides is 1. The lowest BCUT2D eigenvalue weighted by molar-refractivity contribution is -0.116. The number of fused-ring (bicyclic) bond motifs is 3. The molecule has 8 heteroatoms. The second kappa shape index (κ2) is 4.48. The molecule has 22 heavy (non-hydrogen) atoms. The minimum atomic E-state index is -0.531. The highest BCUT2D eigenvalue weighted by atomic mass is 19.1. The largest absolute Gasteiger partial charge is 0.310 e. The Bertz CT molecular complexity index is 961. The lowest BCUT2D eigenvalue weighted by Crippen LogP contribution is -2.32. The standard InChI is InChI=1S/C14H10FN5O2/c15-8-3-1-2-7(4-8)9-5-10(21)18-12-11(9)13(22)19-14-16-6-17-20(12)14/h1-4,6,9H,5H2,(H,18,21)(H,16,17,19,22). The number of halogens is 1. The molecular weight excluding hydrogens is 289 g/mol. The van der Waals surface area contributed by atoms with Gasteiger partial charge in [-0.15, -0.1) is 0 Å². The Hall–Kier alpha value is -3.03. The molecule has 1 aliphatic heterocycles. The fourth-order valence-electron chi connectivity index (χ4n) is 2.80. The van der Waals surface area contributed by atoms with Crippen molar-refractivity contribution in [2.75, 3.05) is 5.32 Å². The van der Waals surface area contributed by atoms with Gasteiger partial charge in [-0.25, -0.2) is 4.39 Å². The summed E-state index contributed by atoms with van der Waals surface area (Å²) in [5.41, 5.74) is 0.550. The number of aromatic amines is 1. The van der Waals surface area contributed by atoms with Crippen LogP contribution in [-0.4, -0.2) is 25.5 Å². The SMILES string of the molecule is O=C1CC(c2cccc(F)c2)c2c(n3ncnc3[nH]c2=O)N1. The molecular formula is C14H10FN5O2. The lowest BCUT2D eigenvalue weighted by atomic mass is 9.87. The van der Waals surface area contributed by atoms with Crippen LogP contribution in [0, 0.1) is 5.82 Å². The molecule has 0 saturated carbocycles. The zero-order chi connectivity index (χ0) is 15.3. The first-order chi connectivity index (χ1) is 10.6. The van der Waals surface area contributed by atoms with Gasteiger partial charge in [0.05, 0.1) is 5.56 Å². The van der Waals surface area contributed by atoms with Gasteiger partial charge in [0.15, 0.2) is 0 Å². The molecule has 0 spiro atoms. The van der Waals surface area contributed by atoms with Crippen molar-refractivity contribution in [1.29, 1.82) is 0 Å². The molecule has 3 heterocycles. The van der Waals surface area contributed by atoms with E-state index in [4.69, 9.17) is 0 Å². The van der Waals surface area contributed by atoms with Gasteiger partial charge in [0, 0.05) is 12.3 Å². The van der Waals surface area contributed by atoms with Gasteiger partial charge >= 0.3 is 0 Å². The third kappa shape index (κ3) is 1.80. The van der Waals surface area contributed by atoms with Crippen LogP contribution >= 0.6 is 0 Å². The van der Waals surface area contributed by atoms with Crippen LogP contribution in [0.15, 0.2) is 35.4 Å². The Labute approximate surface area is 122 Å². The van der Waals surface area contributed by atoms with E-state index in [0.717, 1.165) is 0 Å². The predicted octanol–water partition coefficient (Wildman–Crippen LogP) is 1.03.